The van der Waals surface area contributed by atoms with Crippen molar-refractivity contribution in [1.82, 2.24) is 20.5 Å². The minimum atomic E-state index is 0.677. The van der Waals surface area contributed by atoms with Gasteiger partial charge in [-0.3, -0.25) is 5.10 Å². The molecule has 3 unspecified atom stereocenters. The van der Waals surface area contributed by atoms with Gasteiger partial charge in [0.2, 0.25) is 0 Å². The van der Waals surface area contributed by atoms with E-state index in [2.05, 4.69) is 41.3 Å². The van der Waals surface area contributed by atoms with Gasteiger partial charge < -0.3 is 5.32 Å². The molecule has 0 aromatic carbocycles. The molecule has 1 heterocycles. The maximum Gasteiger partial charge on any atom is 0.137 e. The summed E-state index contributed by atoms with van der Waals surface area (Å²) in [6.45, 7) is 8.08. The van der Waals surface area contributed by atoms with Gasteiger partial charge in [0.1, 0.15) is 12.2 Å². The highest BCUT2D eigenvalue weighted by Crippen LogP contribution is 2.33. The molecule has 0 aliphatic heterocycles. The van der Waals surface area contributed by atoms with E-state index in [-0.39, 0.29) is 0 Å². The Kier molecular flexibility index (Phi) is 4.75. The molecule has 2 N–H and O–H groups in total. The number of hydrogen-bond acceptors (Lipinski definition) is 3. The molecule has 1 aromatic rings. The quantitative estimate of drug-likeness (QED) is 0.843. The van der Waals surface area contributed by atoms with Crippen molar-refractivity contribution in [2.24, 2.45) is 17.8 Å². The molecule has 1 saturated carbocycles. The highest BCUT2D eigenvalue weighted by molar-refractivity contribution is 4.87. The standard InChI is InChI=1S/C14H26N4/c1-10(2)12-5-4-11(3)8-13(12)15-7-6-14-16-9-17-18-14/h9-13,15H,4-8H2,1-3H3,(H,16,17,18). The van der Waals surface area contributed by atoms with Gasteiger partial charge in [0.15, 0.2) is 0 Å². The second kappa shape index (κ2) is 6.32. The van der Waals surface area contributed by atoms with Crippen LogP contribution < -0.4 is 5.32 Å². The van der Waals surface area contributed by atoms with Gasteiger partial charge in [-0.2, -0.15) is 5.10 Å². The fourth-order valence-electron chi connectivity index (χ4n) is 3.16. The Balaban J connectivity index is 1.81. The molecule has 4 heteroatoms. The molecule has 2 rings (SSSR count). The summed E-state index contributed by atoms with van der Waals surface area (Å²) in [5.74, 6) is 3.45. The van der Waals surface area contributed by atoms with E-state index in [4.69, 9.17) is 0 Å². The molecule has 0 saturated heterocycles. The summed E-state index contributed by atoms with van der Waals surface area (Å²) in [6, 6.07) is 0.677. The lowest BCUT2D eigenvalue weighted by atomic mass is 9.74. The smallest absolute Gasteiger partial charge is 0.137 e. The molecule has 3 atom stereocenters. The summed E-state index contributed by atoms with van der Waals surface area (Å²) in [5, 5.41) is 10.5. The van der Waals surface area contributed by atoms with E-state index in [0.717, 1.165) is 36.5 Å². The maximum atomic E-state index is 4.16. The minimum Gasteiger partial charge on any atom is -0.313 e. The van der Waals surface area contributed by atoms with Crippen molar-refractivity contribution in [3.63, 3.8) is 0 Å². The molecule has 0 spiro atoms. The van der Waals surface area contributed by atoms with E-state index in [1.165, 1.54) is 19.3 Å². The molecule has 102 valence electrons. The first-order chi connectivity index (χ1) is 8.66. The van der Waals surface area contributed by atoms with E-state index in [0.29, 0.717) is 6.04 Å². The van der Waals surface area contributed by atoms with Crippen molar-refractivity contribution < 1.29 is 0 Å². The summed E-state index contributed by atoms with van der Waals surface area (Å²) < 4.78 is 0. The van der Waals surface area contributed by atoms with Crippen molar-refractivity contribution in [1.29, 1.82) is 0 Å². The van der Waals surface area contributed by atoms with Crippen LogP contribution in [0.5, 0.6) is 0 Å². The lowest BCUT2D eigenvalue weighted by molar-refractivity contribution is 0.171. The highest BCUT2D eigenvalue weighted by atomic mass is 15.2. The van der Waals surface area contributed by atoms with Gasteiger partial charge in [0.25, 0.3) is 0 Å². The summed E-state index contributed by atoms with van der Waals surface area (Å²) in [6.07, 6.45) is 6.60. The number of aromatic amines is 1. The second-order valence-corrected chi connectivity index (χ2v) is 6.07. The highest BCUT2D eigenvalue weighted by Gasteiger charge is 2.29. The van der Waals surface area contributed by atoms with Crippen LogP contribution in [0.3, 0.4) is 0 Å². The van der Waals surface area contributed by atoms with Crippen molar-refractivity contribution >= 4 is 0 Å². The largest absolute Gasteiger partial charge is 0.313 e. The average molecular weight is 250 g/mol. The van der Waals surface area contributed by atoms with Gasteiger partial charge in [0.05, 0.1) is 0 Å². The molecule has 1 aliphatic carbocycles. The molecule has 1 aliphatic rings. The van der Waals surface area contributed by atoms with E-state index < -0.39 is 0 Å². The first kappa shape index (κ1) is 13.5. The van der Waals surface area contributed by atoms with E-state index in [1.807, 2.05) is 0 Å². The third-order valence-electron chi connectivity index (χ3n) is 4.26. The van der Waals surface area contributed by atoms with Crippen LogP contribution >= 0.6 is 0 Å². The van der Waals surface area contributed by atoms with Crippen molar-refractivity contribution in [3.8, 4) is 0 Å². The van der Waals surface area contributed by atoms with Gasteiger partial charge in [-0.25, -0.2) is 4.98 Å². The van der Waals surface area contributed by atoms with Crippen LogP contribution in [0.1, 0.15) is 45.9 Å². The molecule has 0 amide bonds. The first-order valence-electron chi connectivity index (χ1n) is 7.24. The van der Waals surface area contributed by atoms with Crippen molar-refractivity contribution in [3.05, 3.63) is 12.2 Å². The molecule has 0 radical (unpaired) electrons. The predicted octanol–water partition coefficient (Wildman–Crippen LogP) is 2.40. The van der Waals surface area contributed by atoms with Crippen LogP contribution in [0.4, 0.5) is 0 Å². The number of nitrogens with one attached hydrogen (secondary N) is 2. The fourth-order valence-corrected chi connectivity index (χ4v) is 3.16. The van der Waals surface area contributed by atoms with Gasteiger partial charge in [0, 0.05) is 19.0 Å². The minimum absolute atomic E-state index is 0.677. The Morgan fingerprint density at radius 3 is 2.94 bits per heavy atom. The third kappa shape index (κ3) is 3.55. The van der Waals surface area contributed by atoms with Crippen LogP contribution in [0.15, 0.2) is 6.33 Å². The summed E-state index contributed by atoms with van der Waals surface area (Å²) in [7, 11) is 0. The van der Waals surface area contributed by atoms with Crippen LogP contribution in [-0.2, 0) is 6.42 Å². The summed E-state index contributed by atoms with van der Waals surface area (Å²) >= 11 is 0. The van der Waals surface area contributed by atoms with Crippen molar-refractivity contribution in [2.45, 2.75) is 52.5 Å². The van der Waals surface area contributed by atoms with E-state index in [1.54, 1.807) is 6.33 Å². The Morgan fingerprint density at radius 1 is 1.44 bits per heavy atom. The molecule has 18 heavy (non-hydrogen) atoms. The number of hydrogen-bond donors (Lipinski definition) is 2. The Hall–Kier alpha value is -0.900. The molecule has 1 aromatic heterocycles. The number of nitrogens with zero attached hydrogens (tertiary/aromatic N) is 2. The Bertz CT molecular complexity index is 334. The monoisotopic (exact) mass is 250 g/mol. The molecule has 0 bridgehead atoms. The van der Waals surface area contributed by atoms with Gasteiger partial charge in [-0.05, 0) is 30.6 Å². The zero-order valence-electron chi connectivity index (χ0n) is 11.8. The van der Waals surface area contributed by atoms with Gasteiger partial charge >= 0.3 is 0 Å². The third-order valence-corrected chi connectivity index (χ3v) is 4.26. The topological polar surface area (TPSA) is 53.6 Å². The van der Waals surface area contributed by atoms with Crippen molar-refractivity contribution in [2.75, 3.05) is 6.54 Å². The normalized spacial score (nSPS) is 28.8. The zero-order chi connectivity index (χ0) is 13.0. The summed E-state index contributed by atoms with van der Waals surface area (Å²) in [5.41, 5.74) is 0. The average Bonchev–Trinajstić information content (AvgIpc) is 2.82. The Morgan fingerprint density at radius 2 is 2.28 bits per heavy atom. The zero-order valence-corrected chi connectivity index (χ0v) is 11.8. The van der Waals surface area contributed by atoms with Crippen LogP contribution in [0.2, 0.25) is 0 Å². The van der Waals surface area contributed by atoms with Crippen LogP contribution in [-0.4, -0.2) is 27.8 Å². The van der Waals surface area contributed by atoms with Gasteiger partial charge in [-0.15, -0.1) is 0 Å². The number of rotatable bonds is 5. The lowest BCUT2D eigenvalue weighted by Gasteiger charge is -2.38. The molecule has 4 nitrogen and oxygen atoms in total. The Labute approximate surface area is 110 Å². The first-order valence-corrected chi connectivity index (χ1v) is 7.24. The number of aromatic nitrogens is 3. The molecular formula is C14H26N4. The van der Waals surface area contributed by atoms with E-state index >= 15 is 0 Å². The lowest BCUT2D eigenvalue weighted by Crippen LogP contribution is -2.43. The molecular weight excluding hydrogens is 224 g/mol. The van der Waals surface area contributed by atoms with Crippen LogP contribution in [0, 0.1) is 17.8 Å². The fraction of sp³-hybridized carbons (Fsp3) is 0.857. The SMILES string of the molecule is CC1CCC(C(C)C)C(NCCc2ncn[nH]2)C1. The maximum absolute atomic E-state index is 4.16. The van der Waals surface area contributed by atoms with Gasteiger partial charge in [-0.1, -0.05) is 27.2 Å². The predicted molar refractivity (Wildman–Crippen MR) is 73.2 cm³/mol. The second-order valence-electron chi connectivity index (χ2n) is 6.07. The van der Waals surface area contributed by atoms with E-state index in [9.17, 15) is 0 Å². The molecule has 1 fully saturated rings. The number of H-pyrrole nitrogens is 1. The summed E-state index contributed by atoms with van der Waals surface area (Å²) in [4.78, 5) is 4.16. The van der Waals surface area contributed by atoms with Crippen LogP contribution in [0.25, 0.3) is 0 Å².